The summed E-state index contributed by atoms with van der Waals surface area (Å²) >= 11 is 0. The van der Waals surface area contributed by atoms with E-state index in [9.17, 15) is 4.79 Å². The number of methoxy groups -OCH3 is 1. The SMILES string of the molecule is COc1ccccc1N1CCC(NC(=O)C2CCOCC2)CC1. The van der Waals surface area contributed by atoms with E-state index in [4.69, 9.17) is 9.47 Å². The molecule has 0 atom stereocenters. The number of piperidine rings is 1. The van der Waals surface area contributed by atoms with Crippen LogP contribution in [-0.2, 0) is 9.53 Å². The lowest BCUT2D eigenvalue weighted by molar-refractivity contribution is -0.128. The van der Waals surface area contributed by atoms with Gasteiger partial charge in [-0.25, -0.2) is 0 Å². The molecule has 0 aromatic heterocycles. The maximum Gasteiger partial charge on any atom is 0.223 e. The number of carbonyl (C=O) groups is 1. The van der Waals surface area contributed by atoms with Crippen molar-refractivity contribution in [3.8, 4) is 5.75 Å². The minimum absolute atomic E-state index is 0.135. The fraction of sp³-hybridized carbons (Fsp3) is 0.611. The molecule has 0 unspecified atom stereocenters. The molecule has 126 valence electrons. The van der Waals surface area contributed by atoms with Crippen molar-refractivity contribution in [3.05, 3.63) is 24.3 Å². The summed E-state index contributed by atoms with van der Waals surface area (Å²) in [6, 6.07) is 8.41. The summed E-state index contributed by atoms with van der Waals surface area (Å²) in [6.45, 7) is 3.31. The van der Waals surface area contributed by atoms with Gasteiger partial charge in [-0.05, 0) is 37.8 Å². The van der Waals surface area contributed by atoms with Gasteiger partial charge in [-0.15, -0.1) is 0 Å². The van der Waals surface area contributed by atoms with Crippen LogP contribution in [0.2, 0.25) is 0 Å². The number of amides is 1. The van der Waals surface area contributed by atoms with Crippen molar-refractivity contribution in [1.29, 1.82) is 0 Å². The number of benzene rings is 1. The fourth-order valence-corrected chi connectivity index (χ4v) is 3.43. The van der Waals surface area contributed by atoms with E-state index in [-0.39, 0.29) is 17.9 Å². The summed E-state index contributed by atoms with van der Waals surface area (Å²) in [5, 5.41) is 3.24. The molecule has 2 saturated heterocycles. The monoisotopic (exact) mass is 318 g/mol. The number of para-hydroxylation sites is 2. The number of hydrogen-bond donors (Lipinski definition) is 1. The highest BCUT2D eigenvalue weighted by Gasteiger charge is 2.26. The van der Waals surface area contributed by atoms with Crippen LogP contribution in [0.4, 0.5) is 5.69 Å². The van der Waals surface area contributed by atoms with Gasteiger partial charge in [0.1, 0.15) is 5.75 Å². The number of nitrogens with zero attached hydrogens (tertiary/aromatic N) is 1. The highest BCUT2D eigenvalue weighted by Crippen LogP contribution is 2.30. The third-order valence-electron chi connectivity index (χ3n) is 4.86. The van der Waals surface area contributed by atoms with Gasteiger partial charge < -0.3 is 19.7 Å². The van der Waals surface area contributed by atoms with Crippen molar-refractivity contribution in [2.45, 2.75) is 31.7 Å². The van der Waals surface area contributed by atoms with E-state index in [0.29, 0.717) is 13.2 Å². The number of rotatable bonds is 4. The van der Waals surface area contributed by atoms with Gasteiger partial charge in [0.15, 0.2) is 0 Å². The summed E-state index contributed by atoms with van der Waals surface area (Å²) < 4.78 is 10.8. The van der Waals surface area contributed by atoms with Crippen molar-refractivity contribution < 1.29 is 14.3 Å². The Hall–Kier alpha value is -1.75. The van der Waals surface area contributed by atoms with Crippen molar-refractivity contribution in [2.24, 2.45) is 5.92 Å². The largest absolute Gasteiger partial charge is 0.495 e. The van der Waals surface area contributed by atoms with E-state index >= 15 is 0 Å². The van der Waals surface area contributed by atoms with E-state index in [1.807, 2.05) is 18.2 Å². The predicted octanol–water partition coefficient (Wildman–Crippen LogP) is 2.21. The second kappa shape index (κ2) is 7.68. The topological polar surface area (TPSA) is 50.8 Å². The van der Waals surface area contributed by atoms with Crippen molar-refractivity contribution in [3.63, 3.8) is 0 Å². The van der Waals surface area contributed by atoms with Gasteiger partial charge in [-0.2, -0.15) is 0 Å². The van der Waals surface area contributed by atoms with Crippen LogP contribution < -0.4 is 15.0 Å². The Morgan fingerprint density at radius 2 is 1.87 bits per heavy atom. The third kappa shape index (κ3) is 3.96. The third-order valence-corrected chi connectivity index (χ3v) is 4.86. The van der Waals surface area contributed by atoms with Gasteiger partial charge in [-0.3, -0.25) is 4.79 Å². The summed E-state index contributed by atoms with van der Waals surface area (Å²) in [5.74, 6) is 1.26. The molecule has 2 aliphatic rings. The van der Waals surface area contributed by atoms with Gasteiger partial charge in [0.25, 0.3) is 0 Å². The number of nitrogens with one attached hydrogen (secondary N) is 1. The molecular weight excluding hydrogens is 292 g/mol. The van der Waals surface area contributed by atoms with E-state index in [0.717, 1.165) is 50.2 Å². The molecule has 2 aliphatic heterocycles. The van der Waals surface area contributed by atoms with Crippen LogP contribution in [0.1, 0.15) is 25.7 Å². The predicted molar refractivity (Wildman–Crippen MR) is 89.9 cm³/mol. The zero-order valence-electron chi connectivity index (χ0n) is 13.8. The first kappa shape index (κ1) is 16.1. The molecule has 0 radical (unpaired) electrons. The first-order valence-electron chi connectivity index (χ1n) is 8.54. The molecule has 1 aromatic carbocycles. The molecule has 0 spiro atoms. The molecular formula is C18H26N2O3. The summed E-state index contributed by atoms with van der Waals surface area (Å²) in [5.41, 5.74) is 1.14. The number of hydrogen-bond acceptors (Lipinski definition) is 4. The number of carbonyl (C=O) groups excluding carboxylic acids is 1. The van der Waals surface area contributed by atoms with Gasteiger partial charge in [0, 0.05) is 38.3 Å². The fourth-order valence-electron chi connectivity index (χ4n) is 3.43. The first-order valence-corrected chi connectivity index (χ1v) is 8.54. The molecule has 0 aliphatic carbocycles. The average molecular weight is 318 g/mol. The zero-order chi connectivity index (χ0) is 16.1. The second-order valence-electron chi connectivity index (χ2n) is 6.33. The minimum Gasteiger partial charge on any atom is -0.495 e. The van der Waals surface area contributed by atoms with Crippen LogP contribution in [0.5, 0.6) is 5.75 Å². The Morgan fingerprint density at radius 1 is 1.17 bits per heavy atom. The molecule has 2 fully saturated rings. The van der Waals surface area contributed by atoms with Crippen LogP contribution in [0, 0.1) is 5.92 Å². The number of ether oxygens (including phenoxy) is 2. The zero-order valence-corrected chi connectivity index (χ0v) is 13.8. The van der Waals surface area contributed by atoms with Crippen LogP contribution in [-0.4, -0.2) is 45.4 Å². The summed E-state index contributed by atoms with van der Waals surface area (Å²) in [6.07, 6.45) is 3.66. The van der Waals surface area contributed by atoms with Crippen molar-refractivity contribution in [2.75, 3.05) is 38.3 Å². The van der Waals surface area contributed by atoms with Gasteiger partial charge >= 0.3 is 0 Å². The number of anilines is 1. The molecule has 23 heavy (non-hydrogen) atoms. The maximum atomic E-state index is 12.3. The van der Waals surface area contributed by atoms with Crippen LogP contribution in [0.15, 0.2) is 24.3 Å². The Bertz CT molecular complexity index is 521. The molecule has 2 heterocycles. The Morgan fingerprint density at radius 3 is 2.57 bits per heavy atom. The average Bonchev–Trinajstić information content (AvgIpc) is 2.63. The van der Waals surface area contributed by atoms with Crippen molar-refractivity contribution in [1.82, 2.24) is 5.32 Å². The molecule has 5 nitrogen and oxygen atoms in total. The lowest BCUT2D eigenvalue weighted by Crippen LogP contribution is -2.47. The van der Waals surface area contributed by atoms with Crippen LogP contribution in [0.3, 0.4) is 0 Å². The molecule has 1 aromatic rings. The normalized spacial score (nSPS) is 20.3. The molecule has 1 N–H and O–H groups in total. The lowest BCUT2D eigenvalue weighted by atomic mass is 9.97. The Labute approximate surface area is 137 Å². The molecule has 3 rings (SSSR count). The van der Waals surface area contributed by atoms with Crippen LogP contribution in [0.25, 0.3) is 0 Å². The second-order valence-corrected chi connectivity index (χ2v) is 6.33. The maximum absolute atomic E-state index is 12.3. The van der Waals surface area contributed by atoms with Gasteiger partial charge in [0.2, 0.25) is 5.91 Å². The Balaban J connectivity index is 1.51. The highest BCUT2D eigenvalue weighted by atomic mass is 16.5. The van der Waals surface area contributed by atoms with Gasteiger partial charge in [-0.1, -0.05) is 12.1 Å². The molecule has 0 saturated carbocycles. The molecule has 0 bridgehead atoms. The van der Waals surface area contributed by atoms with Crippen LogP contribution >= 0.6 is 0 Å². The minimum atomic E-state index is 0.135. The Kier molecular flexibility index (Phi) is 5.39. The van der Waals surface area contributed by atoms with E-state index in [1.54, 1.807) is 7.11 Å². The summed E-state index contributed by atoms with van der Waals surface area (Å²) in [7, 11) is 1.71. The van der Waals surface area contributed by atoms with Gasteiger partial charge in [0.05, 0.1) is 12.8 Å². The lowest BCUT2D eigenvalue weighted by Gasteiger charge is -2.35. The van der Waals surface area contributed by atoms with E-state index in [1.165, 1.54) is 0 Å². The first-order chi connectivity index (χ1) is 11.3. The molecule has 1 amide bonds. The van der Waals surface area contributed by atoms with Crippen molar-refractivity contribution >= 4 is 11.6 Å². The standard InChI is InChI=1S/C18H26N2O3/c1-22-17-5-3-2-4-16(17)20-10-6-15(7-11-20)19-18(21)14-8-12-23-13-9-14/h2-5,14-15H,6-13H2,1H3,(H,19,21). The summed E-state index contributed by atoms with van der Waals surface area (Å²) in [4.78, 5) is 14.7. The highest BCUT2D eigenvalue weighted by molar-refractivity contribution is 5.79. The van der Waals surface area contributed by atoms with E-state index < -0.39 is 0 Å². The quantitative estimate of drug-likeness (QED) is 0.925. The smallest absolute Gasteiger partial charge is 0.223 e. The molecule has 5 heteroatoms. The van der Waals surface area contributed by atoms with E-state index in [2.05, 4.69) is 16.3 Å².